The average molecular weight is 561 g/mol. The molecule has 3 aromatic rings. The van der Waals surface area contributed by atoms with Gasteiger partial charge < -0.3 is 18.9 Å². The van der Waals surface area contributed by atoms with Crippen LogP contribution < -0.4 is 4.90 Å². The Labute approximate surface area is 238 Å². The molecule has 8 nitrogen and oxygen atoms in total. The zero-order valence-electron chi connectivity index (χ0n) is 23.8. The third-order valence-corrected chi connectivity index (χ3v) is 10.9. The van der Waals surface area contributed by atoms with Gasteiger partial charge in [0.05, 0.1) is 5.41 Å². The minimum absolute atomic E-state index is 0.000704. The lowest BCUT2D eigenvalue weighted by Crippen LogP contribution is -2.71. The van der Waals surface area contributed by atoms with Gasteiger partial charge in [-0.15, -0.1) is 0 Å². The zero-order chi connectivity index (χ0) is 28.3. The van der Waals surface area contributed by atoms with Crippen molar-refractivity contribution in [2.75, 3.05) is 11.4 Å². The molecule has 0 atom stereocenters. The molecule has 216 valence electrons. The zero-order valence-corrected chi connectivity index (χ0v) is 23.8. The molecule has 9 heteroatoms. The molecule has 2 heterocycles. The highest BCUT2D eigenvalue weighted by Gasteiger charge is 2.73. The lowest BCUT2D eigenvalue weighted by molar-refractivity contribution is -0.211. The Bertz CT molecular complexity index is 1490. The summed E-state index contributed by atoms with van der Waals surface area (Å²) in [5.41, 5.74) is -0.914. The van der Waals surface area contributed by atoms with Crippen molar-refractivity contribution in [3.8, 4) is 11.5 Å². The number of hydrogen-bond acceptors (Lipinski definition) is 7. The molecule has 0 unspecified atom stereocenters. The number of oxazole rings is 1. The summed E-state index contributed by atoms with van der Waals surface area (Å²) in [7, 11) is 0. The van der Waals surface area contributed by atoms with E-state index in [4.69, 9.17) is 13.9 Å². The van der Waals surface area contributed by atoms with Gasteiger partial charge in [-0.05, 0) is 108 Å². The first-order valence-corrected chi connectivity index (χ1v) is 15.1. The Morgan fingerprint density at radius 3 is 2.41 bits per heavy atom. The van der Waals surface area contributed by atoms with Crippen LogP contribution in [0.5, 0.6) is 0 Å². The maximum absolute atomic E-state index is 14.6. The fraction of sp³-hybridized carbons (Fsp3) is 0.625. The molecule has 41 heavy (non-hydrogen) atoms. The van der Waals surface area contributed by atoms with Gasteiger partial charge in [-0.3, -0.25) is 4.79 Å². The number of fused-ring (bicyclic) bond motifs is 3. The number of alkyl halides is 1. The standard InChI is InChI=1S/C32H37FN4O4/c1-28(2,39)23-15-40-25(34-23)21-4-3-5-22(14-21)37(27(38)31-16-32(33,17-31)18-31)19-29-8-11-30(12-9-29,13-10-29)26-35-24(36-41-26)20-6-7-20/h3-5,14-15,20,39H,6-13,16-19H2,1-2H3. The number of benzene rings is 1. The molecule has 0 spiro atoms. The predicted octanol–water partition coefficient (Wildman–Crippen LogP) is 6.35. The first-order chi connectivity index (χ1) is 19.5. The second-order valence-electron chi connectivity index (χ2n) is 14.5. The summed E-state index contributed by atoms with van der Waals surface area (Å²) in [5, 5.41) is 14.7. The summed E-state index contributed by atoms with van der Waals surface area (Å²) in [6, 6.07) is 7.72. The van der Waals surface area contributed by atoms with Crippen LogP contribution in [-0.2, 0) is 15.8 Å². The van der Waals surface area contributed by atoms with Gasteiger partial charge in [-0.25, -0.2) is 9.37 Å². The second kappa shape index (κ2) is 8.27. The van der Waals surface area contributed by atoms with E-state index in [9.17, 15) is 14.3 Å². The molecule has 4 bridgehead atoms. The molecule has 2 aromatic heterocycles. The minimum Gasteiger partial charge on any atom is -0.444 e. The number of nitrogens with zero attached hydrogens (tertiary/aromatic N) is 4. The average Bonchev–Trinajstić information content (AvgIpc) is 3.43. The van der Waals surface area contributed by atoms with Crippen molar-refractivity contribution in [2.45, 2.75) is 107 Å². The lowest BCUT2D eigenvalue weighted by atomic mass is 9.41. The van der Waals surface area contributed by atoms with E-state index in [1.54, 1.807) is 13.8 Å². The topological polar surface area (TPSA) is 105 Å². The van der Waals surface area contributed by atoms with E-state index in [0.29, 0.717) is 43.3 Å². The summed E-state index contributed by atoms with van der Waals surface area (Å²) in [4.78, 5) is 25.4. The van der Waals surface area contributed by atoms with Crippen molar-refractivity contribution in [1.82, 2.24) is 15.1 Å². The molecule has 0 aliphatic heterocycles. The van der Waals surface area contributed by atoms with Crippen LogP contribution in [0.15, 0.2) is 39.5 Å². The summed E-state index contributed by atoms with van der Waals surface area (Å²) < 4.78 is 26.1. The van der Waals surface area contributed by atoms with Crippen LogP contribution in [0.1, 0.15) is 108 Å². The summed E-state index contributed by atoms with van der Waals surface area (Å²) in [5.74, 6) is 2.60. The fourth-order valence-electron chi connectivity index (χ4n) is 8.07. The molecule has 7 aliphatic carbocycles. The maximum atomic E-state index is 14.6. The molecule has 1 aromatic carbocycles. The van der Waals surface area contributed by atoms with Crippen molar-refractivity contribution >= 4 is 11.6 Å². The molecule has 10 rings (SSSR count). The van der Waals surface area contributed by atoms with Crippen LogP contribution in [-0.4, -0.2) is 38.4 Å². The van der Waals surface area contributed by atoms with Gasteiger partial charge in [-0.1, -0.05) is 11.2 Å². The summed E-state index contributed by atoms with van der Waals surface area (Å²) in [6.07, 6.45) is 10.7. The quantitative estimate of drug-likeness (QED) is 0.342. The van der Waals surface area contributed by atoms with E-state index in [-0.39, 0.29) is 16.7 Å². The van der Waals surface area contributed by atoms with Crippen molar-refractivity contribution in [3.63, 3.8) is 0 Å². The van der Waals surface area contributed by atoms with Crippen molar-refractivity contribution < 1.29 is 23.2 Å². The van der Waals surface area contributed by atoms with Gasteiger partial charge in [0.2, 0.25) is 17.7 Å². The summed E-state index contributed by atoms with van der Waals surface area (Å²) in [6.45, 7) is 3.95. The number of rotatable bonds is 8. The van der Waals surface area contributed by atoms with Crippen molar-refractivity contribution in [2.24, 2.45) is 10.8 Å². The van der Waals surface area contributed by atoms with Crippen LogP contribution in [0.25, 0.3) is 11.5 Å². The number of hydrogen-bond donors (Lipinski definition) is 1. The maximum Gasteiger partial charge on any atom is 0.233 e. The number of carbonyl (C=O) groups is 1. The van der Waals surface area contributed by atoms with E-state index >= 15 is 0 Å². The highest BCUT2D eigenvalue weighted by Crippen LogP contribution is 2.70. The number of carbonyl (C=O) groups excluding carboxylic acids is 1. The first-order valence-electron chi connectivity index (χ1n) is 15.1. The molecule has 7 fully saturated rings. The fourth-order valence-corrected chi connectivity index (χ4v) is 8.07. The summed E-state index contributed by atoms with van der Waals surface area (Å²) >= 11 is 0. The third-order valence-electron chi connectivity index (χ3n) is 10.9. The smallest absolute Gasteiger partial charge is 0.233 e. The minimum atomic E-state index is -1.15. The van der Waals surface area contributed by atoms with Crippen LogP contribution in [0.2, 0.25) is 0 Å². The normalized spacial score (nSPS) is 33.8. The van der Waals surface area contributed by atoms with E-state index in [1.807, 2.05) is 29.2 Å². The molecule has 1 amide bonds. The lowest BCUT2D eigenvalue weighted by Gasteiger charge is -2.65. The van der Waals surface area contributed by atoms with Crippen LogP contribution >= 0.6 is 0 Å². The molecular formula is C32H37FN4O4. The van der Waals surface area contributed by atoms with E-state index < -0.39 is 16.7 Å². The van der Waals surface area contributed by atoms with E-state index in [0.717, 1.165) is 74.3 Å². The second-order valence-corrected chi connectivity index (χ2v) is 14.5. The highest BCUT2D eigenvalue weighted by atomic mass is 19.1. The number of aromatic nitrogens is 3. The Kier molecular flexibility index (Phi) is 5.17. The van der Waals surface area contributed by atoms with E-state index in [1.165, 1.54) is 6.26 Å². The SMILES string of the molecule is CC(C)(O)c1coc(-c2cccc(N(CC34CCC(c5nc(C6CC6)no5)(CC3)CC4)C(=O)C34CC(F)(C3)C4)c2)n1. The first kappa shape index (κ1) is 25.6. The number of aliphatic hydroxyl groups is 1. The third kappa shape index (κ3) is 4.02. The van der Waals surface area contributed by atoms with Gasteiger partial charge in [-0.2, -0.15) is 4.98 Å². The molecule has 1 N–H and O–H groups in total. The largest absolute Gasteiger partial charge is 0.444 e. The molecular weight excluding hydrogens is 523 g/mol. The van der Waals surface area contributed by atoms with Crippen LogP contribution in [0, 0.1) is 10.8 Å². The molecule has 0 radical (unpaired) electrons. The van der Waals surface area contributed by atoms with Crippen molar-refractivity contribution in [3.05, 3.63) is 47.9 Å². The Morgan fingerprint density at radius 1 is 1.10 bits per heavy atom. The number of anilines is 1. The van der Waals surface area contributed by atoms with Gasteiger partial charge in [0.25, 0.3) is 0 Å². The van der Waals surface area contributed by atoms with Crippen molar-refractivity contribution in [1.29, 1.82) is 0 Å². The van der Waals surface area contributed by atoms with E-state index in [2.05, 4.69) is 10.1 Å². The monoisotopic (exact) mass is 560 g/mol. The van der Waals surface area contributed by atoms with Crippen LogP contribution in [0.4, 0.5) is 10.1 Å². The molecule has 0 saturated heterocycles. The number of amides is 1. The van der Waals surface area contributed by atoms with Gasteiger partial charge in [0.15, 0.2) is 5.82 Å². The Morgan fingerprint density at radius 2 is 1.80 bits per heavy atom. The highest BCUT2D eigenvalue weighted by molar-refractivity contribution is 6.00. The Hall–Kier alpha value is -3.07. The number of halogens is 1. The Balaban J connectivity index is 1.07. The van der Waals surface area contributed by atoms with Gasteiger partial charge >= 0.3 is 0 Å². The van der Waals surface area contributed by atoms with Gasteiger partial charge in [0, 0.05) is 29.1 Å². The molecule has 7 aliphatic rings. The molecule has 7 saturated carbocycles. The van der Waals surface area contributed by atoms with Gasteiger partial charge in [0.1, 0.15) is 23.2 Å². The predicted molar refractivity (Wildman–Crippen MR) is 148 cm³/mol. The van der Waals surface area contributed by atoms with Crippen LogP contribution in [0.3, 0.4) is 0 Å².